The third kappa shape index (κ3) is 7.38. The van der Waals surface area contributed by atoms with Crippen LogP contribution in [0.2, 0.25) is 0 Å². The molecule has 0 radical (unpaired) electrons. The number of carboxylic acid groups (broad SMARTS) is 1. The number of benzene rings is 2. The number of ether oxygens (including phenoxy) is 2. The first kappa shape index (κ1) is 34.9. The van der Waals surface area contributed by atoms with Gasteiger partial charge in [-0.3, -0.25) is 14.4 Å². The van der Waals surface area contributed by atoms with E-state index >= 15 is 0 Å². The predicted molar refractivity (Wildman–Crippen MR) is 155 cm³/mol. The number of sulfone groups is 1. The number of alkyl halides is 3. The summed E-state index contributed by atoms with van der Waals surface area (Å²) in [7, 11) is -4.41. The molecule has 2 aliphatic rings. The molecule has 0 aliphatic heterocycles. The van der Waals surface area contributed by atoms with Crippen molar-refractivity contribution in [3.05, 3.63) is 47.8 Å². The minimum atomic E-state index is -5.64. The largest absolute Gasteiger partial charge is 0.501 e. The third-order valence-corrected chi connectivity index (χ3v) is 10.1. The van der Waals surface area contributed by atoms with Crippen molar-refractivity contribution in [3.63, 3.8) is 0 Å². The van der Waals surface area contributed by atoms with Crippen molar-refractivity contribution in [3.8, 4) is 11.5 Å². The molecule has 4 rings (SSSR count). The quantitative estimate of drug-likeness (QED) is 0.266. The number of anilines is 1. The summed E-state index contributed by atoms with van der Waals surface area (Å²) in [4.78, 5) is 37.3. The molecule has 2 amide bonds. The lowest BCUT2D eigenvalue weighted by Crippen LogP contribution is -2.46. The van der Waals surface area contributed by atoms with Gasteiger partial charge in [-0.25, -0.2) is 12.8 Å². The molecule has 2 fully saturated rings. The van der Waals surface area contributed by atoms with Crippen LogP contribution < -0.4 is 20.1 Å². The fraction of sp³-hybridized carbons (Fsp3) is 0.500. The van der Waals surface area contributed by atoms with Crippen molar-refractivity contribution in [2.45, 2.75) is 73.9 Å². The smallest absolute Gasteiger partial charge is 0.496 e. The van der Waals surface area contributed by atoms with Crippen LogP contribution in [0.5, 0.6) is 11.5 Å². The Morgan fingerprint density at radius 1 is 1.02 bits per heavy atom. The first-order valence-corrected chi connectivity index (χ1v) is 16.0. The molecule has 2 saturated carbocycles. The Kier molecular flexibility index (Phi) is 10.5. The van der Waals surface area contributed by atoms with Gasteiger partial charge in [0, 0.05) is 17.8 Å². The zero-order chi connectivity index (χ0) is 33.9. The third-order valence-electron chi connectivity index (χ3n) is 8.57. The number of aliphatic hydroxyl groups excluding tert-OH is 1. The topological polar surface area (TPSA) is 168 Å². The number of carbonyl (C=O) groups excluding carboxylic acids is 2. The predicted octanol–water partition coefficient (Wildman–Crippen LogP) is 4.44. The molecule has 2 aliphatic carbocycles. The van der Waals surface area contributed by atoms with Crippen LogP contribution in [0.4, 0.5) is 23.2 Å². The molecule has 0 aromatic heterocycles. The summed E-state index contributed by atoms with van der Waals surface area (Å²) in [6.45, 7) is -0.539. The number of aliphatic carboxylic acids is 1. The number of methoxy groups -OCH3 is 1. The molecular formula is C30H34F4N2O9S. The fourth-order valence-corrected chi connectivity index (χ4v) is 6.63. The molecule has 4 N–H and O–H groups in total. The van der Waals surface area contributed by atoms with Crippen molar-refractivity contribution in [1.82, 2.24) is 5.32 Å². The van der Waals surface area contributed by atoms with E-state index < -0.39 is 73.9 Å². The number of hydrogen-bond donors (Lipinski definition) is 4. The maximum absolute atomic E-state index is 15.0. The lowest BCUT2D eigenvalue weighted by atomic mass is 9.74. The maximum Gasteiger partial charge on any atom is 0.501 e. The molecule has 252 valence electrons. The molecule has 2 aromatic carbocycles. The summed E-state index contributed by atoms with van der Waals surface area (Å²) in [6, 6.07) is 5.17. The van der Waals surface area contributed by atoms with Crippen molar-refractivity contribution in [2.24, 2.45) is 11.3 Å². The highest BCUT2D eigenvalue weighted by molar-refractivity contribution is 7.92. The van der Waals surface area contributed by atoms with E-state index in [1.54, 1.807) is 0 Å². The number of amides is 2. The van der Waals surface area contributed by atoms with E-state index in [2.05, 4.69) is 10.6 Å². The average Bonchev–Trinajstić information content (AvgIpc) is 3.01. The SMILES string of the molecule is COc1cc(F)c(OC2CCC(CO)(C(=O)O)CC2)cc1C(=O)N[C@@H]1CCCC[C@@H]1C(=O)Nc1cccc(S(=O)(=O)C(F)(F)F)c1. The molecule has 0 unspecified atom stereocenters. The molecule has 11 nitrogen and oxygen atoms in total. The summed E-state index contributed by atoms with van der Waals surface area (Å²) in [5, 5.41) is 24.3. The van der Waals surface area contributed by atoms with Crippen LogP contribution in [-0.2, 0) is 19.4 Å². The van der Waals surface area contributed by atoms with Crippen LogP contribution >= 0.6 is 0 Å². The zero-order valence-corrected chi connectivity index (χ0v) is 25.5. The zero-order valence-electron chi connectivity index (χ0n) is 24.7. The first-order chi connectivity index (χ1) is 21.6. The van der Waals surface area contributed by atoms with Gasteiger partial charge in [-0.1, -0.05) is 18.9 Å². The monoisotopic (exact) mass is 674 g/mol. The van der Waals surface area contributed by atoms with Crippen LogP contribution in [0.1, 0.15) is 61.7 Å². The highest BCUT2D eigenvalue weighted by Gasteiger charge is 2.47. The fourth-order valence-electron chi connectivity index (χ4n) is 5.83. The van der Waals surface area contributed by atoms with Crippen LogP contribution in [0.3, 0.4) is 0 Å². The first-order valence-electron chi connectivity index (χ1n) is 14.5. The second-order valence-electron chi connectivity index (χ2n) is 11.5. The van der Waals surface area contributed by atoms with Gasteiger partial charge in [0.2, 0.25) is 5.91 Å². The number of carboxylic acids is 1. The number of hydrogen-bond acceptors (Lipinski definition) is 8. The van der Waals surface area contributed by atoms with Gasteiger partial charge in [-0.2, -0.15) is 13.2 Å². The lowest BCUT2D eigenvalue weighted by molar-refractivity contribution is -0.155. The molecule has 16 heteroatoms. The molecule has 0 spiro atoms. The Bertz CT molecular complexity index is 1570. The van der Waals surface area contributed by atoms with Crippen LogP contribution in [-0.4, -0.2) is 67.8 Å². The van der Waals surface area contributed by atoms with Crippen molar-refractivity contribution < 1.29 is 60.0 Å². The minimum Gasteiger partial charge on any atom is -0.496 e. The van der Waals surface area contributed by atoms with Crippen LogP contribution in [0.25, 0.3) is 0 Å². The molecule has 2 atom stereocenters. The second-order valence-corrected chi connectivity index (χ2v) is 13.4. The van der Waals surface area contributed by atoms with Gasteiger partial charge < -0.3 is 30.3 Å². The molecule has 0 bridgehead atoms. The highest BCUT2D eigenvalue weighted by atomic mass is 32.2. The van der Waals surface area contributed by atoms with Gasteiger partial charge in [0.05, 0.1) is 41.6 Å². The van der Waals surface area contributed by atoms with Gasteiger partial charge in [0.15, 0.2) is 11.6 Å². The Labute approximate surface area is 262 Å². The molecule has 0 heterocycles. The van der Waals surface area contributed by atoms with Gasteiger partial charge in [-0.05, 0) is 62.8 Å². The van der Waals surface area contributed by atoms with E-state index in [4.69, 9.17) is 9.47 Å². The summed E-state index contributed by atoms with van der Waals surface area (Å²) in [5.41, 5.74) is -7.09. The van der Waals surface area contributed by atoms with Crippen LogP contribution in [0, 0.1) is 17.2 Å². The number of halogens is 4. The normalized spacial score (nSPS) is 23.7. The maximum atomic E-state index is 15.0. The standard InChI is InChI=1S/C30H34F4N2O9S/c1-44-24-15-22(31)25(45-18-9-11-29(16-37,12-10-18)28(40)41)14-21(24)27(39)36-23-8-3-2-7-20(23)26(38)35-17-5-4-6-19(13-17)46(42,43)30(32,33)34/h4-6,13-15,18,20,23,37H,2-3,7-12,16H2,1H3,(H,35,38)(H,36,39)(H,40,41)/t18?,20-,23+,29?/m0/s1. The summed E-state index contributed by atoms with van der Waals surface area (Å²) < 4.78 is 88.7. The van der Waals surface area contributed by atoms with Crippen LogP contribution in [0.15, 0.2) is 41.3 Å². The number of rotatable bonds is 10. The lowest BCUT2D eigenvalue weighted by Gasteiger charge is -2.35. The van der Waals surface area contributed by atoms with Crippen molar-refractivity contribution in [2.75, 3.05) is 19.0 Å². The molecular weight excluding hydrogens is 640 g/mol. The Morgan fingerprint density at radius 2 is 1.70 bits per heavy atom. The summed E-state index contributed by atoms with van der Waals surface area (Å²) >= 11 is 0. The van der Waals surface area contributed by atoms with Crippen molar-refractivity contribution >= 4 is 33.3 Å². The van der Waals surface area contributed by atoms with E-state index in [1.165, 1.54) is 13.2 Å². The van der Waals surface area contributed by atoms with Crippen molar-refractivity contribution in [1.29, 1.82) is 0 Å². The minimum absolute atomic E-state index is 0.0975. The molecule has 2 aromatic rings. The Balaban J connectivity index is 1.48. The average molecular weight is 675 g/mol. The second kappa shape index (κ2) is 13.8. The number of nitrogens with one attached hydrogen (secondary N) is 2. The number of carbonyl (C=O) groups is 3. The van der Waals surface area contributed by atoms with Gasteiger partial charge >= 0.3 is 11.5 Å². The Hall–Kier alpha value is -3.92. The van der Waals surface area contributed by atoms with E-state index in [1.807, 2.05) is 0 Å². The summed E-state index contributed by atoms with van der Waals surface area (Å²) in [6.07, 6.45) is 2.06. The van der Waals surface area contributed by atoms with E-state index in [0.29, 0.717) is 31.7 Å². The number of aliphatic hydroxyl groups is 1. The Morgan fingerprint density at radius 3 is 2.30 bits per heavy atom. The van der Waals surface area contributed by atoms with Gasteiger partial charge in [0.25, 0.3) is 15.7 Å². The molecule has 46 heavy (non-hydrogen) atoms. The molecule has 0 saturated heterocycles. The van der Waals surface area contributed by atoms with Gasteiger partial charge in [-0.15, -0.1) is 0 Å². The highest BCUT2D eigenvalue weighted by Crippen LogP contribution is 2.39. The summed E-state index contributed by atoms with van der Waals surface area (Å²) in [5.74, 6) is -4.51. The van der Waals surface area contributed by atoms with E-state index in [-0.39, 0.29) is 48.4 Å². The van der Waals surface area contributed by atoms with Gasteiger partial charge in [0.1, 0.15) is 5.75 Å². The van der Waals surface area contributed by atoms with E-state index in [9.17, 15) is 50.6 Å². The van der Waals surface area contributed by atoms with E-state index in [0.717, 1.165) is 24.3 Å².